The van der Waals surface area contributed by atoms with Gasteiger partial charge in [-0.05, 0) is 30.5 Å². The van der Waals surface area contributed by atoms with Crippen LogP contribution < -0.4 is 11.3 Å². The molecule has 7 heteroatoms. The molecule has 3 N–H and O–H groups in total. The highest BCUT2D eigenvalue weighted by atomic mass is 19.1. The van der Waals surface area contributed by atoms with Crippen molar-refractivity contribution in [3.8, 4) is 0 Å². The monoisotopic (exact) mass is 299 g/mol. The van der Waals surface area contributed by atoms with Crippen LogP contribution in [0.15, 0.2) is 29.1 Å². The minimum atomic E-state index is -0.314. The minimum Gasteiger partial charge on any atom is -0.368 e. The van der Waals surface area contributed by atoms with Gasteiger partial charge in [0.2, 0.25) is 5.95 Å². The molecule has 0 spiro atoms. The van der Waals surface area contributed by atoms with Crippen molar-refractivity contribution in [1.29, 1.82) is 0 Å². The van der Waals surface area contributed by atoms with Crippen molar-refractivity contribution in [3.63, 3.8) is 0 Å². The fraction of sp³-hybridized carbons (Fsp3) is 0.267. The van der Waals surface area contributed by atoms with Crippen molar-refractivity contribution >= 4 is 11.7 Å². The third-order valence-electron chi connectivity index (χ3n) is 3.87. The van der Waals surface area contributed by atoms with E-state index in [9.17, 15) is 9.18 Å². The van der Waals surface area contributed by atoms with E-state index >= 15 is 0 Å². The van der Waals surface area contributed by atoms with Gasteiger partial charge in [-0.2, -0.15) is 9.50 Å². The summed E-state index contributed by atoms with van der Waals surface area (Å²) in [6.07, 6.45) is 2.37. The number of halogens is 1. The zero-order chi connectivity index (χ0) is 15.3. The number of benzene rings is 1. The van der Waals surface area contributed by atoms with Crippen LogP contribution in [0.4, 0.5) is 10.3 Å². The molecule has 0 atom stereocenters. The molecule has 4 rings (SSSR count). The number of nitrogen functional groups attached to an aromatic ring is 1. The molecule has 1 aromatic carbocycles. The summed E-state index contributed by atoms with van der Waals surface area (Å²) >= 11 is 0. The van der Waals surface area contributed by atoms with Crippen LogP contribution in [-0.2, 0) is 6.42 Å². The van der Waals surface area contributed by atoms with Gasteiger partial charge in [0.15, 0.2) is 0 Å². The highest BCUT2D eigenvalue weighted by Gasteiger charge is 2.30. The highest BCUT2D eigenvalue weighted by Crippen LogP contribution is 2.40. The first-order valence-corrected chi connectivity index (χ1v) is 7.13. The number of nitrogens with zero attached hydrogens (tertiary/aromatic N) is 3. The van der Waals surface area contributed by atoms with Crippen LogP contribution in [0.1, 0.15) is 35.6 Å². The van der Waals surface area contributed by atoms with Gasteiger partial charge in [0, 0.05) is 17.9 Å². The zero-order valence-electron chi connectivity index (χ0n) is 11.7. The second-order valence-corrected chi connectivity index (χ2v) is 5.61. The van der Waals surface area contributed by atoms with Crippen molar-refractivity contribution in [2.24, 2.45) is 0 Å². The van der Waals surface area contributed by atoms with Crippen LogP contribution in [-0.4, -0.2) is 19.6 Å². The van der Waals surface area contributed by atoms with Crippen molar-refractivity contribution in [2.45, 2.75) is 25.2 Å². The molecule has 6 nitrogen and oxygen atoms in total. The molecule has 2 heterocycles. The Morgan fingerprint density at radius 2 is 2.18 bits per heavy atom. The average molecular weight is 299 g/mol. The number of rotatable bonds is 3. The van der Waals surface area contributed by atoms with Gasteiger partial charge in [-0.1, -0.05) is 12.1 Å². The molecule has 0 amide bonds. The molecule has 0 saturated heterocycles. The lowest BCUT2D eigenvalue weighted by Gasteiger charge is -2.07. The van der Waals surface area contributed by atoms with E-state index in [1.54, 1.807) is 12.1 Å². The lowest BCUT2D eigenvalue weighted by molar-refractivity contribution is 0.626. The van der Waals surface area contributed by atoms with Crippen LogP contribution in [0.5, 0.6) is 0 Å². The molecular weight excluding hydrogens is 285 g/mol. The van der Waals surface area contributed by atoms with Crippen molar-refractivity contribution in [3.05, 3.63) is 57.3 Å². The molecule has 2 aromatic heterocycles. The fourth-order valence-corrected chi connectivity index (χ4v) is 2.70. The van der Waals surface area contributed by atoms with Gasteiger partial charge in [-0.3, -0.25) is 9.89 Å². The van der Waals surface area contributed by atoms with E-state index in [-0.39, 0.29) is 23.1 Å². The van der Waals surface area contributed by atoms with Gasteiger partial charge < -0.3 is 5.73 Å². The lowest BCUT2D eigenvalue weighted by Crippen LogP contribution is -2.23. The molecule has 0 radical (unpaired) electrons. The van der Waals surface area contributed by atoms with Gasteiger partial charge in [0.1, 0.15) is 5.82 Å². The second kappa shape index (κ2) is 4.66. The fourth-order valence-electron chi connectivity index (χ4n) is 2.70. The van der Waals surface area contributed by atoms with Crippen LogP contribution >= 0.6 is 0 Å². The number of nitrogens with two attached hydrogens (primary N) is 1. The molecule has 22 heavy (non-hydrogen) atoms. The predicted octanol–water partition coefficient (Wildman–Crippen LogP) is 1.61. The van der Waals surface area contributed by atoms with Crippen molar-refractivity contribution < 1.29 is 4.39 Å². The Morgan fingerprint density at radius 1 is 1.36 bits per heavy atom. The summed E-state index contributed by atoms with van der Waals surface area (Å²) in [6, 6.07) is 6.26. The smallest absolute Gasteiger partial charge is 0.277 e. The van der Waals surface area contributed by atoms with Crippen molar-refractivity contribution in [2.75, 3.05) is 5.73 Å². The highest BCUT2D eigenvalue weighted by molar-refractivity contribution is 5.40. The Hall–Kier alpha value is -2.70. The summed E-state index contributed by atoms with van der Waals surface area (Å²) in [5, 5.41) is 2.69. The first-order chi connectivity index (χ1) is 10.6. The maximum absolute atomic E-state index is 13.4. The molecule has 0 unspecified atom stereocenters. The van der Waals surface area contributed by atoms with E-state index in [1.165, 1.54) is 16.6 Å². The quantitative estimate of drug-likeness (QED) is 0.769. The molecule has 0 aliphatic heterocycles. The van der Waals surface area contributed by atoms with Gasteiger partial charge in [0.05, 0.1) is 5.69 Å². The Morgan fingerprint density at radius 3 is 2.91 bits per heavy atom. The summed E-state index contributed by atoms with van der Waals surface area (Å²) < 4.78 is 14.6. The molecule has 0 bridgehead atoms. The van der Waals surface area contributed by atoms with Crippen molar-refractivity contribution in [1.82, 2.24) is 19.6 Å². The number of hydrogen-bond acceptors (Lipinski definition) is 4. The van der Waals surface area contributed by atoms with E-state index < -0.39 is 0 Å². The average Bonchev–Trinajstić information content (AvgIpc) is 3.24. The largest absolute Gasteiger partial charge is 0.368 e. The maximum atomic E-state index is 13.4. The zero-order valence-corrected chi connectivity index (χ0v) is 11.7. The van der Waals surface area contributed by atoms with Gasteiger partial charge >= 0.3 is 0 Å². The van der Waals surface area contributed by atoms with E-state index in [0.29, 0.717) is 17.9 Å². The predicted molar refractivity (Wildman–Crippen MR) is 79.2 cm³/mol. The summed E-state index contributed by atoms with van der Waals surface area (Å²) in [7, 11) is 0. The first-order valence-electron chi connectivity index (χ1n) is 7.13. The van der Waals surface area contributed by atoms with Crippen LogP contribution in [0.3, 0.4) is 0 Å². The van der Waals surface area contributed by atoms with Crippen LogP contribution in [0.25, 0.3) is 5.78 Å². The molecule has 1 aliphatic rings. The molecular formula is C15H14FN5O. The number of anilines is 1. The number of nitrogens with one attached hydrogen (secondary N) is 1. The summed E-state index contributed by atoms with van der Waals surface area (Å²) in [5.41, 5.74) is 7.47. The van der Waals surface area contributed by atoms with E-state index in [0.717, 1.165) is 24.1 Å². The second-order valence-electron chi connectivity index (χ2n) is 5.61. The minimum absolute atomic E-state index is 0.147. The molecule has 3 aromatic rings. The van der Waals surface area contributed by atoms with E-state index in [1.807, 2.05) is 0 Å². The maximum Gasteiger partial charge on any atom is 0.277 e. The molecule has 1 saturated carbocycles. The summed E-state index contributed by atoms with van der Waals surface area (Å²) in [6.45, 7) is 0. The Labute approximate surface area is 124 Å². The summed E-state index contributed by atoms with van der Waals surface area (Å²) in [4.78, 5) is 21.2. The van der Waals surface area contributed by atoms with Gasteiger partial charge in [0.25, 0.3) is 11.3 Å². The van der Waals surface area contributed by atoms with E-state index in [2.05, 4.69) is 15.1 Å². The number of fused-ring (bicyclic) bond motifs is 1. The number of aromatic nitrogens is 4. The number of H-pyrrole nitrogens is 1. The Kier molecular flexibility index (Phi) is 2.75. The first kappa shape index (κ1) is 13.0. The summed E-state index contributed by atoms with van der Waals surface area (Å²) in [5.74, 6) is 0.409. The Bertz CT molecular complexity index is 925. The normalized spacial score (nSPS) is 14.6. The number of hydrogen-bond donors (Lipinski definition) is 2. The molecule has 1 aliphatic carbocycles. The standard InChI is InChI=1S/C15H14FN5O/c16-10-3-1-2-8(6-10)7-11-12(9-4-5-9)18-15-19-14(17)20-21(15)13(11)22/h1-3,6,9H,4-5,7H2,(H3,17,18,19,20). The topological polar surface area (TPSA) is 89.1 Å². The third kappa shape index (κ3) is 2.14. The number of aromatic amines is 1. The van der Waals surface area contributed by atoms with Gasteiger partial charge in [-0.25, -0.2) is 9.37 Å². The van der Waals surface area contributed by atoms with E-state index in [4.69, 9.17) is 5.73 Å². The van der Waals surface area contributed by atoms with Crippen LogP contribution in [0, 0.1) is 5.82 Å². The lowest BCUT2D eigenvalue weighted by atomic mass is 10.0. The molecule has 1 fully saturated rings. The third-order valence-corrected chi connectivity index (χ3v) is 3.87. The SMILES string of the molecule is Nc1nc2nc(C3CC3)c(Cc3cccc(F)c3)c(=O)n2[nH]1. The van der Waals surface area contributed by atoms with Crippen LogP contribution in [0.2, 0.25) is 0 Å². The van der Waals surface area contributed by atoms with Gasteiger partial charge in [-0.15, -0.1) is 0 Å². The Balaban J connectivity index is 1.89. The molecule has 112 valence electrons.